The van der Waals surface area contributed by atoms with Gasteiger partial charge in [-0.3, -0.25) is 0 Å². The number of hydrogen-bond donors (Lipinski definition) is 4. The molecule has 176 valence electrons. The average Bonchev–Trinajstić information content (AvgIpc) is 3.09. The number of carbonyl (C=O) groups is 2. The van der Waals surface area contributed by atoms with Gasteiger partial charge >= 0.3 is 24.3 Å². The minimum absolute atomic E-state index is 0.0463. The van der Waals surface area contributed by atoms with Crippen LogP contribution in [0.15, 0.2) is 18.5 Å². The van der Waals surface area contributed by atoms with Crippen LogP contribution in [0.1, 0.15) is 19.3 Å². The predicted octanol–water partition coefficient (Wildman–Crippen LogP) is 2.07. The maximum Gasteiger partial charge on any atom is 0.490 e. The van der Waals surface area contributed by atoms with E-state index in [2.05, 4.69) is 20.6 Å². The molecule has 31 heavy (non-hydrogen) atoms. The molecule has 0 unspecified atom stereocenters. The highest BCUT2D eigenvalue weighted by Crippen LogP contribution is 2.31. The fourth-order valence-corrected chi connectivity index (χ4v) is 2.73. The maximum atomic E-state index is 10.6. The Bertz CT molecular complexity index is 687. The van der Waals surface area contributed by atoms with Gasteiger partial charge in [-0.05, 0) is 31.9 Å². The molecule has 4 N–H and O–H groups in total. The van der Waals surface area contributed by atoms with E-state index in [1.807, 2.05) is 6.07 Å². The fourth-order valence-electron chi connectivity index (χ4n) is 2.73. The molecule has 2 fully saturated rings. The molecule has 9 nitrogen and oxygen atoms in total. The van der Waals surface area contributed by atoms with Crippen molar-refractivity contribution in [1.29, 1.82) is 0 Å². The minimum Gasteiger partial charge on any atom is -0.475 e. The van der Waals surface area contributed by atoms with Crippen LogP contribution in [-0.2, 0) is 14.3 Å². The Morgan fingerprint density at radius 1 is 1.10 bits per heavy atom. The maximum absolute atomic E-state index is 10.6. The van der Waals surface area contributed by atoms with Crippen LogP contribution in [0.25, 0.3) is 0 Å². The number of aliphatic carboxylic acids is 2. The van der Waals surface area contributed by atoms with Crippen LogP contribution < -0.4 is 10.6 Å². The Kier molecular flexibility index (Phi) is 9.42. The molecule has 2 atom stereocenters. The van der Waals surface area contributed by atoms with E-state index >= 15 is 0 Å². The van der Waals surface area contributed by atoms with Gasteiger partial charge in [-0.25, -0.2) is 19.6 Å². The number of aromatic nitrogens is 2. The van der Waals surface area contributed by atoms with Gasteiger partial charge in [0.25, 0.3) is 0 Å². The second-order valence-electron chi connectivity index (χ2n) is 6.47. The van der Waals surface area contributed by atoms with E-state index in [0.717, 1.165) is 44.9 Å². The largest absolute Gasteiger partial charge is 0.490 e. The molecule has 2 saturated heterocycles. The molecule has 0 radical (unpaired) electrons. The Morgan fingerprint density at radius 3 is 2.03 bits per heavy atom. The van der Waals surface area contributed by atoms with Gasteiger partial charge in [0.05, 0.1) is 5.60 Å². The zero-order valence-electron chi connectivity index (χ0n) is 15.8. The molecule has 1 spiro atoms. The molecule has 3 heterocycles. The van der Waals surface area contributed by atoms with Crippen LogP contribution in [0, 0.1) is 0 Å². The van der Waals surface area contributed by atoms with Crippen molar-refractivity contribution in [2.24, 2.45) is 0 Å². The first kappa shape index (κ1) is 26.4. The number of anilines is 1. The van der Waals surface area contributed by atoms with Gasteiger partial charge in [0.15, 0.2) is 0 Å². The Hall–Kier alpha value is -2.68. The van der Waals surface area contributed by atoms with Gasteiger partial charge in [-0.2, -0.15) is 26.3 Å². The number of carboxylic acids is 2. The molecule has 0 bridgehead atoms. The smallest absolute Gasteiger partial charge is 0.475 e. The molecule has 0 saturated carbocycles. The SMILES string of the molecule is O=C(O)C(F)(F)F.O=C(O)C(F)(F)F.c1cnc(N[C@@H]2CCO[C@]3(CCNC3)C2)nc1. The quantitative estimate of drug-likeness (QED) is 0.488. The van der Waals surface area contributed by atoms with Crippen molar-refractivity contribution < 1.29 is 50.9 Å². The summed E-state index contributed by atoms with van der Waals surface area (Å²) in [4.78, 5) is 26.2. The minimum atomic E-state index is -5.08. The highest BCUT2D eigenvalue weighted by atomic mass is 19.4. The van der Waals surface area contributed by atoms with Crippen molar-refractivity contribution in [3.63, 3.8) is 0 Å². The van der Waals surface area contributed by atoms with E-state index in [1.54, 1.807) is 12.4 Å². The van der Waals surface area contributed by atoms with E-state index < -0.39 is 24.3 Å². The van der Waals surface area contributed by atoms with Crippen LogP contribution in [0.5, 0.6) is 0 Å². The zero-order chi connectivity index (χ0) is 23.7. The molecule has 1 aromatic heterocycles. The van der Waals surface area contributed by atoms with E-state index in [-0.39, 0.29) is 5.60 Å². The molecular weight excluding hydrogens is 442 g/mol. The predicted molar refractivity (Wildman–Crippen MR) is 92.2 cm³/mol. The van der Waals surface area contributed by atoms with Crippen LogP contribution in [0.4, 0.5) is 32.3 Å². The summed E-state index contributed by atoms with van der Waals surface area (Å²) in [7, 11) is 0. The van der Waals surface area contributed by atoms with Crippen molar-refractivity contribution in [3.05, 3.63) is 18.5 Å². The summed E-state index contributed by atoms with van der Waals surface area (Å²) >= 11 is 0. The summed E-state index contributed by atoms with van der Waals surface area (Å²) in [5.74, 6) is -4.79. The zero-order valence-corrected chi connectivity index (χ0v) is 15.8. The summed E-state index contributed by atoms with van der Waals surface area (Å²) in [5.41, 5.74) is 0.0463. The summed E-state index contributed by atoms with van der Waals surface area (Å²) in [6.45, 7) is 2.86. The number of carboxylic acid groups (broad SMARTS) is 2. The lowest BCUT2D eigenvalue weighted by Gasteiger charge is -2.37. The molecule has 0 aromatic carbocycles. The fraction of sp³-hybridized carbons (Fsp3) is 0.625. The van der Waals surface area contributed by atoms with Gasteiger partial charge < -0.3 is 25.6 Å². The topological polar surface area (TPSA) is 134 Å². The van der Waals surface area contributed by atoms with Gasteiger partial charge in [0.2, 0.25) is 5.95 Å². The van der Waals surface area contributed by atoms with Crippen molar-refractivity contribution in [2.75, 3.05) is 25.0 Å². The molecule has 2 aliphatic heterocycles. The number of hydrogen-bond acceptors (Lipinski definition) is 7. The summed E-state index contributed by atoms with van der Waals surface area (Å²) in [6.07, 6.45) is -3.46. The number of halogens is 6. The Balaban J connectivity index is 0.000000288. The lowest BCUT2D eigenvalue weighted by Crippen LogP contribution is -2.46. The first-order valence-corrected chi connectivity index (χ1v) is 8.74. The third-order valence-corrected chi connectivity index (χ3v) is 4.08. The molecule has 0 amide bonds. The molecule has 0 aliphatic carbocycles. The third kappa shape index (κ3) is 9.78. The number of alkyl halides is 6. The molecular formula is C16H20F6N4O5. The van der Waals surface area contributed by atoms with E-state index in [9.17, 15) is 26.3 Å². The number of nitrogens with zero attached hydrogens (tertiary/aromatic N) is 2. The second-order valence-corrected chi connectivity index (χ2v) is 6.47. The third-order valence-electron chi connectivity index (χ3n) is 4.08. The summed E-state index contributed by atoms with van der Waals surface area (Å²) in [5, 5.41) is 21.0. The monoisotopic (exact) mass is 462 g/mol. The standard InChI is InChI=1S/C12H18N4O.2C2HF3O2/c1-4-14-11(15-5-1)16-10-2-7-17-12(8-10)3-6-13-9-12;2*3-2(4,5)1(6)7/h1,4-5,10,13H,2-3,6-9H2,(H,14,15,16);2*(H,6,7)/t10-,12-;;/m1../s1. The Morgan fingerprint density at radius 2 is 1.61 bits per heavy atom. The van der Waals surface area contributed by atoms with Crippen molar-refractivity contribution >= 4 is 17.9 Å². The Labute approximate surface area is 171 Å². The van der Waals surface area contributed by atoms with E-state index in [1.165, 1.54) is 0 Å². The van der Waals surface area contributed by atoms with E-state index in [4.69, 9.17) is 24.5 Å². The highest BCUT2D eigenvalue weighted by molar-refractivity contribution is 5.73. The van der Waals surface area contributed by atoms with Gasteiger partial charge in [-0.1, -0.05) is 0 Å². The average molecular weight is 462 g/mol. The van der Waals surface area contributed by atoms with Crippen molar-refractivity contribution in [3.8, 4) is 0 Å². The number of ether oxygens (including phenoxy) is 1. The van der Waals surface area contributed by atoms with Crippen LogP contribution in [0.3, 0.4) is 0 Å². The second kappa shape index (κ2) is 11.1. The molecule has 15 heteroatoms. The van der Waals surface area contributed by atoms with Gasteiger partial charge in [0, 0.05) is 31.6 Å². The summed E-state index contributed by atoms with van der Waals surface area (Å²) < 4.78 is 69.4. The highest BCUT2D eigenvalue weighted by Gasteiger charge is 2.40. The molecule has 2 aliphatic rings. The molecule has 1 aromatic rings. The van der Waals surface area contributed by atoms with E-state index in [0.29, 0.717) is 6.04 Å². The number of nitrogens with one attached hydrogen (secondary N) is 2. The summed E-state index contributed by atoms with van der Waals surface area (Å²) in [6, 6.07) is 2.25. The van der Waals surface area contributed by atoms with Crippen LogP contribution in [0.2, 0.25) is 0 Å². The first-order chi connectivity index (χ1) is 14.3. The molecule has 3 rings (SSSR count). The number of rotatable bonds is 2. The van der Waals surface area contributed by atoms with Crippen LogP contribution >= 0.6 is 0 Å². The van der Waals surface area contributed by atoms with Gasteiger partial charge in [0.1, 0.15) is 0 Å². The van der Waals surface area contributed by atoms with Crippen molar-refractivity contribution in [1.82, 2.24) is 15.3 Å². The first-order valence-electron chi connectivity index (χ1n) is 8.74. The van der Waals surface area contributed by atoms with Gasteiger partial charge in [-0.15, -0.1) is 0 Å². The lowest BCUT2D eigenvalue weighted by molar-refractivity contribution is -0.193. The van der Waals surface area contributed by atoms with Crippen molar-refractivity contribution in [2.45, 2.75) is 43.3 Å². The normalized spacial score (nSPS) is 23.1. The van der Waals surface area contributed by atoms with Crippen LogP contribution in [-0.4, -0.2) is 75.8 Å². The lowest BCUT2D eigenvalue weighted by atomic mass is 9.89.